The lowest BCUT2D eigenvalue weighted by Crippen LogP contribution is -2.47. The molecule has 1 fully saturated rings. The Balaban J connectivity index is 1.94. The monoisotopic (exact) mass is 591 g/mol. The van der Waals surface area contributed by atoms with Gasteiger partial charge in [-0.15, -0.1) is 0 Å². The van der Waals surface area contributed by atoms with Crippen molar-refractivity contribution in [2.45, 2.75) is 66.1 Å². The molecule has 1 saturated heterocycles. The molecule has 1 aliphatic rings. The second-order valence-corrected chi connectivity index (χ2v) is 14.0. The zero-order chi connectivity index (χ0) is 29.4. The minimum absolute atomic E-state index is 0.129. The van der Waals surface area contributed by atoms with Crippen LogP contribution < -0.4 is 9.62 Å². The summed E-state index contributed by atoms with van der Waals surface area (Å²) in [5.41, 5.74) is -1.92. The van der Waals surface area contributed by atoms with Crippen LogP contribution in [-0.2, 0) is 30.8 Å². The van der Waals surface area contributed by atoms with Crippen molar-refractivity contribution in [2.75, 3.05) is 32.1 Å². The van der Waals surface area contributed by atoms with Crippen LogP contribution in [0, 0.1) is 0 Å². The average Bonchev–Trinajstić information content (AvgIpc) is 2.82. The summed E-state index contributed by atoms with van der Waals surface area (Å²) < 4.78 is 102. The highest BCUT2D eigenvalue weighted by Gasteiger charge is 2.39. The van der Waals surface area contributed by atoms with E-state index in [-0.39, 0.29) is 36.5 Å². The van der Waals surface area contributed by atoms with Crippen molar-refractivity contribution in [3.8, 4) is 0 Å². The van der Waals surface area contributed by atoms with E-state index in [2.05, 4.69) is 4.72 Å². The van der Waals surface area contributed by atoms with Crippen molar-refractivity contribution in [3.63, 3.8) is 0 Å². The molecular formula is C25H32F3N3O6S2. The Labute approximate surface area is 226 Å². The number of nitrogens with zero attached hydrogens (tertiary/aromatic N) is 2. The number of benzene rings is 2. The molecule has 9 nitrogen and oxygen atoms in total. The van der Waals surface area contributed by atoms with Crippen LogP contribution in [0.2, 0.25) is 0 Å². The lowest BCUT2D eigenvalue weighted by atomic mass is 10.1. The lowest BCUT2D eigenvalue weighted by Gasteiger charge is -2.33. The summed E-state index contributed by atoms with van der Waals surface area (Å²) in [6.45, 7) is 5.38. The Kier molecular flexibility index (Phi) is 8.63. The van der Waals surface area contributed by atoms with E-state index < -0.39 is 59.1 Å². The number of alkyl halides is 3. The van der Waals surface area contributed by atoms with Gasteiger partial charge in [0.1, 0.15) is 5.60 Å². The van der Waals surface area contributed by atoms with Gasteiger partial charge in [-0.2, -0.15) is 13.2 Å². The third kappa shape index (κ3) is 7.22. The van der Waals surface area contributed by atoms with Gasteiger partial charge in [-0.1, -0.05) is 12.1 Å². The highest BCUT2D eigenvalue weighted by Crippen LogP contribution is 2.37. The summed E-state index contributed by atoms with van der Waals surface area (Å²) in [5.74, 6) is 0. The first kappa shape index (κ1) is 30.7. The molecule has 1 amide bonds. The van der Waals surface area contributed by atoms with Crippen LogP contribution in [0.3, 0.4) is 0 Å². The number of halogens is 3. The number of likely N-dealkylation sites (tertiary alicyclic amines) is 1. The van der Waals surface area contributed by atoms with Gasteiger partial charge in [0, 0.05) is 33.2 Å². The van der Waals surface area contributed by atoms with E-state index in [4.69, 9.17) is 4.74 Å². The third-order valence-corrected chi connectivity index (χ3v) is 9.32. The van der Waals surface area contributed by atoms with Gasteiger partial charge in [0.15, 0.2) is 0 Å². The maximum Gasteiger partial charge on any atom is 0.417 e. The normalized spacial score (nSPS) is 15.7. The largest absolute Gasteiger partial charge is 0.444 e. The summed E-state index contributed by atoms with van der Waals surface area (Å²) in [7, 11) is -5.98. The van der Waals surface area contributed by atoms with Crippen LogP contribution in [0.15, 0.2) is 57.2 Å². The van der Waals surface area contributed by atoms with Gasteiger partial charge in [-0.05, 0) is 63.9 Å². The maximum absolute atomic E-state index is 13.8. The van der Waals surface area contributed by atoms with E-state index in [0.29, 0.717) is 12.1 Å². The van der Waals surface area contributed by atoms with Gasteiger partial charge in [0.2, 0.25) is 19.9 Å². The van der Waals surface area contributed by atoms with Crippen LogP contribution in [0.25, 0.3) is 0 Å². The van der Waals surface area contributed by atoms with Gasteiger partial charge in [0.25, 0.3) is 0 Å². The van der Waals surface area contributed by atoms with Crippen molar-refractivity contribution >= 4 is 31.6 Å². The average molecular weight is 592 g/mol. The van der Waals surface area contributed by atoms with Gasteiger partial charge < -0.3 is 14.5 Å². The summed E-state index contributed by atoms with van der Waals surface area (Å²) in [5, 5.41) is 0. The number of sulfone groups is 1. The van der Waals surface area contributed by atoms with E-state index in [1.165, 1.54) is 28.0 Å². The summed E-state index contributed by atoms with van der Waals surface area (Å²) in [4.78, 5) is 13.2. The Hall–Kier alpha value is -2.84. The summed E-state index contributed by atoms with van der Waals surface area (Å²) in [6.07, 6.45) is -5.37. The highest BCUT2D eigenvalue weighted by molar-refractivity contribution is 7.92. The molecule has 1 aliphatic heterocycles. The topological polar surface area (TPSA) is 113 Å². The number of para-hydroxylation sites is 1. The number of sulfonamides is 1. The first-order valence-corrected chi connectivity index (χ1v) is 15.0. The smallest absolute Gasteiger partial charge is 0.417 e. The third-order valence-electron chi connectivity index (χ3n) is 5.96. The van der Waals surface area contributed by atoms with E-state index >= 15 is 0 Å². The number of nitrogens with one attached hydrogen (secondary N) is 1. The first-order valence-electron chi connectivity index (χ1n) is 12.1. The van der Waals surface area contributed by atoms with Gasteiger partial charge >= 0.3 is 12.3 Å². The molecule has 0 spiro atoms. The number of carbonyl (C=O) groups excluding carboxylic acids is 1. The molecule has 216 valence electrons. The number of hydrogen-bond acceptors (Lipinski definition) is 7. The van der Waals surface area contributed by atoms with E-state index in [0.717, 1.165) is 6.07 Å². The molecular weight excluding hydrogens is 559 g/mol. The fraction of sp³-hybridized carbons (Fsp3) is 0.480. The first-order chi connectivity index (χ1) is 17.8. The zero-order valence-corrected chi connectivity index (χ0v) is 23.9. The van der Waals surface area contributed by atoms with Crippen molar-refractivity contribution in [2.24, 2.45) is 0 Å². The SMILES string of the molecule is CN(C)c1ccccc1S(=O)(=O)c1ccc(C(F)(F)F)c(S(=O)(=O)NC2CCN(C(=O)OC(C)(C)C)CC2)c1. The van der Waals surface area contributed by atoms with E-state index in [1.807, 2.05) is 0 Å². The number of carbonyl (C=O) groups is 1. The Morgan fingerprint density at radius 3 is 2.10 bits per heavy atom. The molecule has 0 saturated carbocycles. The second kappa shape index (κ2) is 11.0. The molecule has 39 heavy (non-hydrogen) atoms. The molecule has 2 aromatic carbocycles. The van der Waals surface area contributed by atoms with Crippen molar-refractivity contribution < 1.29 is 39.5 Å². The predicted octanol–water partition coefficient (Wildman–Crippen LogP) is 4.28. The van der Waals surface area contributed by atoms with Crippen LogP contribution in [0.1, 0.15) is 39.2 Å². The van der Waals surface area contributed by atoms with E-state index in [9.17, 15) is 34.8 Å². The highest BCUT2D eigenvalue weighted by atomic mass is 32.2. The van der Waals surface area contributed by atoms with Crippen LogP contribution in [-0.4, -0.2) is 66.7 Å². The van der Waals surface area contributed by atoms with Crippen LogP contribution >= 0.6 is 0 Å². The minimum Gasteiger partial charge on any atom is -0.444 e. The van der Waals surface area contributed by atoms with Gasteiger partial charge in [0.05, 0.1) is 25.9 Å². The Bertz CT molecular complexity index is 1430. The molecule has 0 radical (unpaired) electrons. The maximum atomic E-state index is 13.8. The summed E-state index contributed by atoms with van der Waals surface area (Å²) in [6, 6.07) is 6.88. The number of piperidine rings is 1. The number of hydrogen-bond donors (Lipinski definition) is 1. The van der Waals surface area contributed by atoms with Gasteiger partial charge in [-0.3, -0.25) is 0 Å². The molecule has 0 unspecified atom stereocenters. The molecule has 14 heteroatoms. The molecule has 0 aliphatic carbocycles. The molecule has 0 aromatic heterocycles. The van der Waals surface area contributed by atoms with Crippen LogP contribution in [0.5, 0.6) is 0 Å². The number of ether oxygens (including phenoxy) is 1. The molecule has 1 N–H and O–H groups in total. The molecule has 1 heterocycles. The number of anilines is 1. The van der Waals surface area contributed by atoms with Crippen molar-refractivity contribution in [1.29, 1.82) is 0 Å². The summed E-state index contributed by atoms with van der Waals surface area (Å²) >= 11 is 0. The van der Waals surface area contributed by atoms with Gasteiger partial charge in [-0.25, -0.2) is 26.4 Å². The number of amides is 1. The lowest BCUT2D eigenvalue weighted by molar-refractivity contribution is -0.140. The molecule has 0 bridgehead atoms. The van der Waals surface area contributed by atoms with Crippen molar-refractivity contribution in [3.05, 3.63) is 48.0 Å². The predicted molar refractivity (Wildman–Crippen MR) is 139 cm³/mol. The van der Waals surface area contributed by atoms with E-state index in [1.54, 1.807) is 40.9 Å². The number of rotatable bonds is 6. The zero-order valence-electron chi connectivity index (χ0n) is 22.2. The van der Waals surface area contributed by atoms with Crippen molar-refractivity contribution in [1.82, 2.24) is 9.62 Å². The molecule has 0 atom stereocenters. The molecule has 3 rings (SSSR count). The minimum atomic E-state index is -5.06. The molecule has 2 aromatic rings. The fourth-order valence-electron chi connectivity index (χ4n) is 4.10. The Morgan fingerprint density at radius 2 is 1.56 bits per heavy atom. The Morgan fingerprint density at radius 1 is 0.974 bits per heavy atom. The fourth-order valence-corrected chi connectivity index (χ4v) is 7.29. The standard InChI is InChI=1S/C25H32F3N3O6S2/c1-24(2,3)37-23(32)31-14-12-17(13-15-31)29-39(35,36)22-16-18(10-11-19(22)25(26,27)28)38(33,34)21-9-7-6-8-20(21)30(4)5/h6-11,16-17,29H,12-15H2,1-5H3. The van der Waals surface area contributed by atoms with Crippen LogP contribution in [0.4, 0.5) is 23.7 Å². The quantitative estimate of drug-likeness (QED) is 0.534. The second-order valence-electron chi connectivity index (χ2n) is 10.4.